The van der Waals surface area contributed by atoms with Crippen molar-refractivity contribution in [2.45, 2.75) is 38.9 Å². The number of carbonyl (C=O) groups excluding carboxylic acids is 1. The summed E-state index contributed by atoms with van der Waals surface area (Å²) in [4.78, 5) is 12.7. The molecule has 17 heavy (non-hydrogen) atoms. The Morgan fingerprint density at radius 1 is 1.18 bits per heavy atom. The van der Waals surface area contributed by atoms with E-state index < -0.39 is 0 Å². The van der Waals surface area contributed by atoms with E-state index in [0.717, 1.165) is 25.3 Å². The molecule has 0 spiro atoms. The minimum Gasteiger partial charge on any atom is -0.438 e. The first kappa shape index (κ1) is 12.2. The fourth-order valence-corrected chi connectivity index (χ4v) is 2.52. The highest BCUT2D eigenvalue weighted by Crippen LogP contribution is 2.31. The van der Waals surface area contributed by atoms with Gasteiger partial charge in [0, 0.05) is 19.2 Å². The maximum Gasteiger partial charge on any atom is 0.196 e. The Morgan fingerprint density at radius 2 is 1.76 bits per heavy atom. The zero-order valence-corrected chi connectivity index (χ0v) is 10.8. The van der Waals surface area contributed by atoms with Gasteiger partial charge in [-0.15, -0.1) is 0 Å². The molecule has 1 saturated heterocycles. The normalized spacial score (nSPS) is 22.5. The van der Waals surface area contributed by atoms with Crippen LogP contribution in [0.4, 0.5) is 5.88 Å². The Kier molecular flexibility index (Phi) is 2.78. The molecule has 0 unspecified atom stereocenters. The van der Waals surface area contributed by atoms with Gasteiger partial charge >= 0.3 is 0 Å². The molecule has 4 nitrogen and oxygen atoms in total. The molecule has 1 fully saturated rings. The van der Waals surface area contributed by atoms with E-state index in [4.69, 9.17) is 9.15 Å². The Balaban J connectivity index is 2.23. The van der Waals surface area contributed by atoms with Crippen molar-refractivity contribution in [1.29, 1.82) is 0 Å². The van der Waals surface area contributed by atoms with Gasteiger partial charge in [-0.1, -0.05) is 0 Å². The largest absolute Gasteiger partial charge is 0.438 e. The number of morpholine rings is 1. The van der Waals surface area contributed by atoms with E-state index in [9.17, 15) is 4.79 Å². The average Bonchev–Trinajstić information content (AvgIpc) is 2.60. The van der Waals surface area contributed by atoms with Crippen molar-refractivity contribution in [2.24, 2.45) is 0 Å². The number of hydrogen-bond donors (Lipinski definition) is 0. The Morgan fingerprint density at radius 3 is 2.24 bits per heavy atom. The summed E-state index contributed by atoms with van der Waals surface area (Å²) >= 11 is 0. The molecule has 0 saturated carbocycles. The number of rotatable bonds is 2. The van der Waals surface area contributed by atoms with Gasteiger partial charge in [0.15, 0.2) is 17.9 Å². The number of carbonyl (C=O) groups is 1. The molecule has 4 heteroatoms. The summed E-state index contributed by atoms with van der Waals surface area (Å²) in [7, 11) is 0. The lowest BCUT2D eigenvalue weighted by Crippen LogP contribution is -2.57. The molecule has 2 heterocycles. The van der Waals surface area contributed by atoms with Gasteiger partial charge in [0.1, 0.15) is 0 Å². The van der Waals surface area contributed by atoms with Gasteiger partial charge in [-0.25, -0.2) is 0 Å². The number of furan rings is 1. The van der Waals surface area contributed by atoms with Gasteiger partial charge in [-0.05, 0) is 33.8 Å². The third-order valence-corrected chi connectivity index (χ3v) is 2.74. The van der Waals surface area contributed by atoms with Gasteiger partial charge < -0.3 is 14.1 Å². The predicted octanol–water partition coefficient (Wildman–Crippen LogP) is 2.49. The van der Waals surface area contributed by atoms with E-state index in [1.807, 2.05) is 6.07 Å². The van der Waals surface area contributed by atoms with Crippen LogP contribution in [0.2, 0.25) is 0 Å². The second kappa shape index (κ2) is 3.88. The van der Waals surface area contributed by atoms with Crippen LogP contribution in [-0.4, -0.2) is 30.6 Å². The minimum atomic E-state index is -0.226. The first-order chi connectivity index (χ1) is 7.81. The lowest BCUT2D eigenvalue weighted by molar-refractivity contribution is -0.133. The number of aldehydes is 1. The van der Waals surface area contributed by atoms with Crippen molar-refractivity contribution in [3.8, 4) is 0 Å². The van der Waals surface area contributed by atoms with Crippen LogP contribution < -0.4 is 4.90 Å². The Labute approximate surface area is 102 Å². The second-order valence-corrected chi connectivity index (χ2v) is 5.77. The van der Waals surface area contributed by atoms with Crippen molar-refractivity contribution in [3.05, 3.63) is 17.9 Å². The number of anilines is 1. The molecule has 1 aromatic heterocycles. The van der Waals surface area contributed by atoms with Crippen LogP contribution in [0, 0.1) is 0 Å². The van der Waals surface area contributed by atoms with Crippen molar-refractivity contribution in [2.75, 3.05) is 18.0 Å². The van der Waals surface area contributed by atoms with Crippen molar-refractivity contribution in [1.82, 2.24) is 0 Å². The fourth-order valence-electron chi connectivity index (χ4n) is 2.52. The van der Waals surface area contributed by atoms with E-state index in [1.54, 1.807) is 6.07 Å². The summed E-state index contributed by atoms with van der Waals surface area (Å²) in [5.74, 6) is 1.10. The maximum atomic E-state index is 10.6. The summed E-state index contributed by atoms with van der Waals surface area (Å²) in [6.07, 6.45) is 0.722. The summed E-state index contributed by atoms with van der Waals surface area (Å²) < 4.78 is 11.5. The lowest BCUT2D eigenvalue weighted by atomic mass is 9.99. The molecule has 94 valence electrons. The summed E-state index contributed by atoms with van der Waals surface area (Å²) in [5, 5.41) is 0. The van der Waals surface area contributed by atoms with Gasteiger partial charge in [-0.3, -0.25) is 4.79 Å². The molecule has 0 radical (unpaired) electrons. The third kappa shape index (κ3) is 2.69. The summed E-state index contributed by atoms with van der Waals surface area (Å²) in [5.41, 5.74) is -0.453. The predicted molar refractivity (Wildman–Crippen MR) is 65.6 cm³/mol. The topological polar surface area (TPSA) is 42.7 Å². The molecular weight excluding hydrogens is 218 g/mol. The molecule has 0 bridgehead atoms. The lowest BCUT2D eigenvalue weighted by Gasteiger charge is -2.47. The van der Waals surface area contributed by atoms with Gasteiger partial charge in [0.2, 0.25) is 0 Å². The third-order valence-electron chi connectivity index (χ3n) is 2.74. The zero-order chi connectivity index (χ0) is 12.7. The molecule has 0 aromatic carbocycles. The van der Waals surface area contributed by atoms with Gasteiger partial charge in [-0.2, -0.15) is 0 Å². The van der Waals surface area contributed by atoms with E-state index >= 15 is 0 Å². The molecule has 1 aliphatic heterocycles. The summed E-state index contributed by atoms with van der Waals surface area (Å²) in [6, 6.07) is 3.53. The highest BCUT2D eigenvalue weighted by Gasteiger charge is 2.39. The fraction of sp³-hybridized carbons (Fsp3) is 0.615. The van der Waals surface area contributed by atoms with E-state index in [2.05, 4.69) is 32.6 Å². The molecule has 0 N–H and O–H groups in total. The van der Waals surface area contributed by atoms with Crippen LogP contribution in [0.5, 0.6) is 0 Å². The van der Waals surface area contributed by atoms with E-state index in [-0.39, 0.29) is 11.2 Å². The smallest absolute Gasteiger partial charge is 0.196 e. The van der Waals surface area contributed by atoms with E-state index in [1.165, 1.54) is 0 Å². The molecule has 2 rings (SSSR count). The highest BCUT2D eigenvalue weighted by molar-refractivity contribution is 5.71. The Hall–Kier alpha value is -1.29. The first-order valence-electron chi connectivity index (χ1n) is 5.81. The SMILES string of the molecule is CC1(C)CN(c2ccc(C=O)o2)CC(C)(C)O1. The zero-order valence-electron chi connectivity index (χ0n) is 10.8. The van der Waals surface area contributed by atoms with Gasteiger partial charge in [0.25, 0.3) is 0 Å². The molecule has 1 aliphatic rings. The molecule has 0 amide bonds. The van der Waals surface area contributed by atoms with Crippen LogP contribution in [0.25, 0.3) is 0 Å². The maximum absolute atomic E-state index is 10.6. The van der Waals surface area contributed by atoms with Crippen LogP contribution in [0.1, 0.15) is 38.2 Å². The monoisotopic (exact) mass is 237 g/mol. The minimum absolute atomic E-state index is 0.226. The average molecular weight is 237 g/mol. The van der Waals surface area contributed by atoms with E-state index in [0.29, 0.717) is 5.76 Å². The van der Waals surface area contributed by atoms with Crippen LogP contribution in [0.15, 0.2) is 16.5 Å². The highest BCUT2D eigenvalue weighted by atomic mass is 16.5. The Bertz CT molecular complexity index is 404. The molecular formula is C13H19NO3. The number of hydrogen-bond acceptors (Lipinski definition) is 4. The summed E-state index contributed by atoms with van der Waals surface area (Å²) in [6.45, 7) is 9.74. The second-order valence-electron chi connectivity index (χ2n) is 5.77. The van der Waals surface area contributed by atoms with Crippen LogP contribution >= 0.6 is 0 Å². The number of ether oxygens (including phenoxy) is 1. The van der Waals surface area contributed by atoms with Crippen molar-refractivity contribution < 1.29 is 13.9 Å². The van der Waals surface area contributed by atoms with Crippen LogP contribution in [0.3, 0.4) is 0 Å². The first-order valence-corrected chi connectivity index (χ1v) is 5.81. The molecule has 0 aliphatic carbocycles. The molecule has 1 aromatic rings. The van der Waals surface area contributed by atoms with Crippen molar-refractivity contribution in [3.63, 3.8) is 0 Å². The quantitative estimate of drug-likeness (QED) is 0.741. The number of nitrogens with zero attached hydrogens (tertiary/aromatic N) is 1. The standard InChI is InChI=1S/C13H19NO3/c1-12(2)8-14(9-13(3,4)17-12)11-6-5-10(7-15)16-11/h5-7H,8-9H2,1-4H3. The van der Waals surface area contributed by atoms with Gasteiger partial charge in [0.05, 0.1) is 11.2 Å². The van der Waals surface area contributed by atoms with Crippen molar-refractivity contribution >= 4 is 12.2 Å². The molecule has 0 atom stereocenters. The van der Waals surface area contributed by atoms with Crippen LogP contribution in [-0.2, 0) is 4.74 Å².